The number of carboxylic acid groups (broad SMARTS) is 1. The maximum absolute atomic E-state index is 11.0. The van der Waals surface area contributed by atoms with Gasteiger partial charge in [-0.1, -0.05) is 0 Å². The van der Waals surface area contributed by atoms with Crippen molar-refractivity contribution in [3.63, 3.8) is 0 Å². The summed E-state index contributed by atoms with van der Waals surface area (Å²) in [6, 6.07) is 1.17. The van der Waals surface area contributed by atoms with Crippen LogP contribution in [0.25, 0.3) is 0 Å². The van der Waals surface area contributed by atoms with Crippen molar-refractivity contribution in [1.29, 1.82) is 0 Å². The van der Waals surface area contributed by atoms with Crippen LogP contribution in [-0.4, -0.2) is 40.2 Å². The summed E-state index contributed by atoms with van der Waals surface area (Å²) in [7, 11) is 0. The van der Waals surface area contributed by atoms with Crippen LogP contribution in [0.3, 0.4) is 0 Å². The Bertz CT molecular complexity index is 505. The zero-order valence-corrected chi connectivity index (χ0v) is 12.0. The van der Waals surface area contributed by atoms with E-state index in [9.17, 15) is 14.9 Å². The summed E-state index contributed by atoms with van der Waals surface area (Å²) in [5.41, 5.74) is -0.890. The van der Waals surface area contributed by atoms with E-state index in [-0.39, 0.29) is 11.7 Å². The lowest BCUT2D eigenvalue weighted by atomic mass is 10.2. The Balaban J connectivity index is 2.51. The molecule has 2 N–H and O–H groups in total. The summed E-state index contributed by atoms with van der Waals surface area (Å²) >= 11 is 0. The van der Waals surface area contributed by atoms with Gasteiger partial charge in [-0.3, -0.25) is 10.1 Å². The molecule has 0 aliphatic carbocycles. The van der Waals surface area contributed by atoms with Crippen molar-refractivity contribution in [2.75, 3.05) is 18.5 Å². The number of pyridine rings is 1. The van der Waals surface area contributed by atoms with Crippen molar-refractivity contribution in [1.82, 2.24) is 4.98 Å². The van der Waals surface area contributed by atoms with E-state index in [2.05, 4.69) is 10.3 Å². The van der Waals surface area contributed by atoms with E-state index in [4.69, 9.17) is 9.84 Å². The van der Waals surface area contributed by atoms with Crippen LogP contribution in [0.1, 0.15) is 37.0 Å². The lowest BCUT2D eigenvalue weighted by Gasteiger charge is -2.08. The van der Waals surface area contributed by atoms with Gasteiger partial charge < -0.3 is 15.2 Å². The zero-order valence-electron chi connectivity index (χ0n) is 12.0. The molecular formula is C13H19N3O5. The smallest absolute Gasteiger partial charge is 0.342 e. The third-order valence-corrected chi connectivity index (χ3v) is 2.64. The van der Waals surface area contributed by atoms with E-state index in [0.29, 0.717) is 19.0 Å². The monoisotopic (exact) mass is 297 g/mol. The predicted molar refractivity (Wildman–Crippen MR) is 76.7 cm³/mol. The topological polar surface area (TPSA) is 115 Å². The summed E-state index contributed by atoms with van der Waals surface area (Å²) in [5, 5.41) is 22.6. The second kappa shape index (κ2) is 8.15. The van der Waals surface area contributed by atoms with E-state index >= 15 is 0 Å². The molecule has 0 unspecified atom stereocenters. The van der Waals surface area contributed by atoms with Gasteiger partial charge in [0, 0.05) is 19.2 Å². The number of anilines is 1. The first-order chi connectivity index (χ1) is 9.91. The normalized spacial score (nSPS) is 10.6. The molecule has 1 rings (SSSR count). The van der Waals surface area contributed by atoms with Gasteiger partial charge in [-0.15, -0.1) is 0 Å². The molecule has 0 fully saturated rings. The molecule has 116 valence electrons. The molecule has 0 aliphatic heterocycles. The van der Waals surface area contributed by atoms with Gasteiger partial charge in [0.05, 0.1) is 11.0 Å². The second-order valence-electron chi connectivity index (χ2n) is 4.70. The maximum atomic E-state index is 11.0. The SMILES string of the molecule is CC(C)OCCCCNc1cc(C(=O)O)c([N+](=O)[O-])cn1. The molecule has 1 aromatic rings. The highest BCUT2D eigenvalue weighted by atomic mass is 16.6. The van der Waals surface area contributed by atoms with Crippen LogP contribution in [0.4, 0.5) is 11.5 Å². The van der Waals surface area contributed by atoms with Gasteiger partial charge in [-0.2, -0.15) is 0 Å². The van der Waals surface area contributed by atoms with E-state index in [0.717, 1.165) is 19.0 Å². The third-order valence-electron chi connectivity index (χ3n) is 2.64. The first-order valence-corrected chi connectivity index (χ1v) is 6.65. The Hall–Kier alpha value is -2.22. The quantitative estimate of drug-likeness (QED) is 0.408. The van der Waals surface area contributed by atoms with Gasteiger partial charge in [-0.25, -0.2) is 9.78 Å². The van der Waals surface area contributed by atoms with E-state index < -0.39 is 16.6 Å². The summed E-state index contributed by atoms with van der Waals surface area (Å²) in [6.45, 7) is 5.18. The van der Waals surface area contributed by atoms with Crippen LogP contribution in [0.15, 0.2) is 12.3 Å². The molecule has 0 atom stereocenters. The number of carboxylic acids is 1. The Morgan fingerprint density at radius 1 is 1.52 bits per heavy atom. The number of hydrogen-bond donors (Lipinski definition) is 2. The highest BCUT2D eigenvalue weighted by molar-refractivity contribution is 5.93. The Morgan fingerprint density at radius 2 is 2.24 bits per heavy atom. The third kappa shape index (κ3) is 5.74. The molecule has 0 amide bonds. The molecule has 0 aromatic carbocycles. The van der Waals surface area contributed by atoms with Crippen LogP contribution in [0, 0.1) is 10.1 Å². The second-order valence-corrected chi connectivity index (χ2v) is 4.70. The summed E-state index contributed by atoms with van der Waals surface area (Å²) in [5.74, 6) is -1.04. The number of aromatic nitrogens is 1. The number of nitrogens with one attached hydrogen (secondary N) is 1. The predicted octanol–water partition coefficient (Wildman–Crippen LogP) is 2.31. The number of ether oxygens (including phenoxy) is 1. The first kappa shape index (κ1) is 16.8. The zero-order chi connectivity index (χ0) is 15.8. The van der Waals surface area contributed by atoms with Gasteiger partial charge in [0.1, 0.15) is 17.6 Å². The number of nitrogens with zero attached hydrogens (tertiary/aromatic N) is 2. The Morgan fingerprint density at radius 3 is 2.81 bits per heavy atom. The van der Waals surface area contributed by atoms with Crippen molar-refractivity contribution in [3.05, 3.63) is 27.9 Å². The van der Waals surface area contributed by atoms with E-state index in [1.807, 2.05) is 13.8 Å². The molecule has 8 heteroatoms. The van der Waals surface area contributed by atoms with Crippen LogP contribution < -0.4 is 5.32 Å². The molecule has 0 radical (unpaired) electrons. The number of hydrogen-bond acceptors (Lipinski definition) is 6. The average Bonchev–Trinajstić information content (AvgIpc) is 2.41. The molecule has 0 aliphatic rings. The van der Waals surface area contributed by atoms with E-state index in [1.165, 1.54) is 6.07 Å². The standard InChI is InChI=1S/C13H19N3O5/c1-9(2)21-6-4-3-5-14-12-7-10(13(17)18)11(8-15-12)16(19)20/h7-9H,3-6H2,1-2H3,(H,14,15)(H,17,18). The van der Waals surface area contributed by atoms with Crippen molar-refractivity contribution in [2.45, 2.75) is 32.8 Å². The highest BCUT2D eigenvalue weighted by Gasteiger charge is 2.20. The van der Waals surface area contributed by atoms with Gasteiger partial charge >= 0.3 is 11.7 Å². The van der Waals surface area contributed by atoms with Crippen molar-refractivity contribution >= 4 is 17.5 Å². The van der Waals surface area contributed by atoms with Gasteiger partial charge in [0.2, 0.25) is 0 Å². The molecule has 0 saturated carbocycles. The fraction of sp³-hybridized carbons (Fsp3) is 0.538. The summed E-state index contributed by atoms with van der Waals surface area (Å²) in [4.78, 5) is 24.8. The minimum atomic E-state index is -1.35. The fourth-order valence-corrected chi connectivity index (χ4v) is 1.62. The Labute approximate surface area is 122 Å². The van der Waals surface area contributed by atoms with Crippen LogP contribution >= 0.6 is 0 Å². The lowest BCUT2D eigenvalue weighted by Crippen LogP contribution is -2.09. The molecule has 0 saturated heterocycles. The van der Waals surface area contributed by atoms with Crippen molar-refractivity contribution in [3.8, 4) is 0 Å². The van der Waals surface area contributed by atoms with Crippen LogP contribution in [0.5, 0.6) is 0 Å². The van der Waals surface area contributed by atoms with Crippen molar-refractivity contribution in [2.24, 2.45) is 0 Å². The van der Waals surface area contributed by atoms with Crippen LogP contribution in [-0.2, 0) is 4.74 Å². The molecule has 0 spiro atoms. The largest absolute Gasteiger partial charge is 0.477 e. The van der Waals surface area contributed by atoms with Crippen molar-refractivity contribution < 1.29 is 19.6 Å². The average molecular weight is 297 g/mol. The number of rotatable bonds is 9. The van der Waals surface area contributed by atoms with Gasteiger partial charge in [0.15, 0.2) is 0 Å². The van der Waals surface area contributed by atoms with Gasteiger partial charge in [-0.05, 0) is 26.7 Å². The molecule has 8 nitrogen and oxygen atoms in total. The number of aromatic carboxylic acids is 1. The number of nitro groups is 1. The lowest BCUT2D eigenvalue weighted by molar-refractivity contribution is -0.385. The minimum absolute atomic E-state index is 0.201. The number of unbranched alkanes of at least 4 members (excludes halogenated alkanes) is 1. The van der Waals surface area contributed by atoms with E-state index in [1.54, 1.807) is 0 Å². The highest BCUT2D eigenvalue weighted by Crippen LogP contribution is 2.20. The first-order valence-electron chi connectivity index (χ1n) is 6.65. The molecule has 1 heterocycles. The fourth-order valence-electron chi connectivity index (χ4n) is 1.62. The number of carbonyl (C=O) groups is 1. The summed E-state index contributed by atoms with van der Waals surface area (Å²) < 4.78 is 5.39. The van der Waals surface area contributed by atoms with Gasteiger partial charge in [0.25, 0.3) is 0 Å². The minimum Gasteiger partial charge on any atom is -0.477 e. The summed E-state index contributed by atoms with van der Waals surface area (Å²) in [6.07, 6.45) is 2.85. The molecule has 21 heavy (non-hydrogen) atoms. The Kier molecular flexibility index (Phi) is 6.54. The molecule has 1 aromatic heterocycles. The maximum Gasteiger partial charge on any atom is 0.342 e. The molecule has 0 bridgehead atoms. The molecular weight excluding hydrogens is 278 g/mol. The van der Waals surface area contributed by atoms with Crippen LogP contribution in [0.2, 0.25) is 0 Å².